The molecule has 1 heteroatoms. The Bertz CT molecular complexity index is 690. The van der Waals surface area contributed by atoms with Gasteiger partial charge in [-0.3, -0.25) is 0 Å². The summed E-state index contributed by atoms with van der Waals surface area (Å²) in [5, 5.41) is 0. The van der Waals surface area contributed by atoms with Crippen LogP contribution in [-0.4, -0.2) is 5.60 Å². The van der Waals surface area contributed by atoms with Crippen molar-refractivity contribution in [2.45, 2.75) is 110 Å². The van der Waals surface area contributed by atoms with Crippen LogP contribution in [0, 0.1) is 0 Å². The SMILES string of the molecule is CCC1(C)CC(C)(C)c2ccc3c(c21)C(C)(C)OC(C)(C)C3(C)C. The first kappa shape index (κ1) is 18.0. The third-order valence-electron chi connectivity index (χ3n) is 7.44. The highest BCUT2D eigenvalue weighted by atomic mass is 16.5. The Morgan fingerprint density at radius 3 is 1.92 bits per heavy atom. The monoisotopic (exact) mass is 328 g/mol. The van der Waals surface area contributed by atoms with Crippen molar-refractivity contribution in [1.29, 1.82) is 0 Å². The first-order valence-electron chi connectivity index (χ1n) is 9.59. The van der Waals surface area contributed by atoms with E-state index in [2.05, 4.69) is 81.4 Å². The fraction of sp³-hybridized carbons (Fsp3) is 0.739. The minimum atomic E-state index is -0.253. The molecule has 0 bridgehead atoms. The van der Waals surface area contributed by atoms with Crippen LogP contribution < -0.4 is 0 Å². The molecule has 1 unspecified atom stereocenters. The Kier molecular flexibility index (Phi) is 3.50. The Morgan fingerprint density at radius 2 is 1.38 bits per heavy atom. The molecule has 3 rings (SSSR count). The number of benzene rings is 1. The van der Waals surface area contributed by atoms with Gasteiger partial charge in [-0.2, -0.15) is 0 Å². The highest BCUT2D eigenvalue weighted by Crippen LogP contribution is 2.59. The van der Waals surface area contributed by atoms with Crippen LogP contribution in [0.25, 0.3) is 0 Å². The molecule has 1 atom stereocenters. The molecule has 134 valence electrons. The lowest BCUT2D eigenvalue weighted by atomic mass is 9.62. The van der Waals surface area contributed by atoms with Gasteiger partial charge in [0.05, 0.1) is 11.2 Å². The molecule has 0 spiro atoms. The smallest absolute Gasteiger partial charge is 0.0888 e. The molecule has 1 heterocycles. The molecule has 0 amide bonds. The highest BCUT2D eigenvalue weighted by molar-refractivity contribution is 5.57. The zero-order chi connectivity index (χ0) is 18.3. The average Bonchev–Trinajstić information content (AvgIpc) is 2.63. The van der Waals surface area contributed by atoms with E-state index in [1.807, 2.05) is 0 Å². The van der Waals surface area contributed by atoms with Crippen molar-refractivity contribution in [3.8, 4) is 0 Å². The number of ether oxygens (including phenoxy) is 1. The Labute approximate surface area is 149 Å². The van der Waals surface area contributed by atoms with E-state index in [0.29, 0.717) is 0 Å². The fourth-order valence-electron chi connectivity index (χ4n) is 5.54. The van der Waals surface area contributed by atoms with Crippen molar-refractivity contribution in [2.24, 2.45) is 0 Å². The molecule has 1 aromatic rings. The molecule has 0 fully saturated rings. The van der Waals surface area contributed by atoms with Crippen LogP contribution in [0.1, 0.15) is 104 Å². The van der Waals surface area contributed by atoms with Crippen molar-refractivity contribution in [1.82, 2.24) is 0 Å². The quantitative estimate of drug-likeness (QED) is 0.583. The maximum Gasteiger partial charge on any atom is 0.0888 e. The second-order valence-corrected chi connectivity index (χ2v) is 10.6. The van der Waals surface area contributed by atoms with Gasteiger partial charge in [0, 0.05) is 5.41 Å². The Hall–Kier alpha value is -0.820. The molecule has 0 radical (unpaired) electrons. The highest BCUT2D eigenvalue weighted by Gasteiger charge is 2.55. The van der Waals surface area contributed by atoms with Crippen LogP contribution in [-0.2, 0) is 26.6 Å². The fourth-order valence-corrected chi connectivity index (χ4v) is 5.54. The topological polar surface area (TPSA) is 9.23 Å². The lowest BCUT2D eigenvalue weighted by molar-refractivity contribution is -0.173. The van der Waals surface area contributed by atoms with Gasteiger partial charge < -0.3 is 4.74 Å². The lowest BCUT2D eigenvalue weighted by Crippen LogP contribution is -2.55. The van der Waals surface area contributed by atoms with E-state index in [-0.39, 0.29) is 27.4 Å². The molecule has 0 aromatic heterocycles. The first-order chi connectivity index (χ1) is 10.7. The van der Waals surface area contributed by atoms with Gasteiger partial charge in [0.1, 0.15) is 0 Å². The lowest BCUT2D eigenvalue weighted by Gasteiger charge is -2.54. The van der Waals surface area contributed by atoms with Crippen LogP contribution >= 0.6 is 0 Å². The maximum atomic E-state index is 6.73. The molecule has 0 saturated carbocycles. The molecule has 1 nitrogen and oxygen atoms in total. The largest absolute Gasteiger partial charge is 0.364 e. The van der Waals surface area contributed by atoms with Gasteiger partial charge in [-0.05, 0) is 73.6 Å². The zero-order valence-electron chi connectivity index (χ0n) is 17.5. The zero-order valence-corrected chi connectivity index (χ0v) is 17.5. The molecule has 2 aliphatic rings. The van der Waals surface area contributed by atoms with E-state index in [9.17, 15) is 0 Å². The van der Waals surface area contributed by atoms with E-state index in [4.69, 9.17) is 4.74 Å². The van der Waals surface area contributed by atoms with Crippen LogP contribution in [0.3, 0.4) is 0 Å². The summed E-state index contributed by atoms with van der Waals surface area (Å²) in [6, 6.07) is 4.83. The summed E-state index contributed by atoms with van der Waals surface area (Å²) in [4.78, 5) is 0. The van der Waals surface area contributed by atoms with Crippen LogP contribution in [0.4, 0.5) is 0 Å². The minimum Gasteiger partial charge on any atom is -0.364 e. The molecule has 1 aromatic carbocycles. The predicted octanol–water partition coefficient (Wildman–Crippen LogP) is 6.36. The summed E-state index contributed by atoms with van der Waals surface area (Å²) >= 11 is 0. The van der Waals surface area contributed by atoms with E-state index >= 15 is 0 Å². The first-order valence-corrected chi connectivity index (χ1v) is 9.59. The third kappa shape index (κ3) is 2.09. The van der Waals surface area contributed by atoms with Gasteiger partial charge in [0.15, 0.2) is 0 Å². The maximum absolute atomic E-state index is 6.73. The molecule has 1 aliphatic heterocycles. The van der Waals surface area contributed by atoms with Crippen molar-refractivity contribution >= 4 is 0 Å². The van der Waals surface area contributed by atoms with Crippen LogP contribution in [0.15, 0.2) is 12.1 Å². The summed E-state index contributed by atoms with van der Waals surface area (Å²) in [6.45, 7) is 23.3. The second kappa shape index (κ2) is 4.67. The Morgan fingerprint density at radius 1 is 0.833 bits per heavy atom. The van der Waals surface area contributed by atoms with Crippen molar-refractivity contribution in [3.05, 3.63) is 34.4 Å². The molecule has 0 N–H and O–H groups in total. The molecule has 0 saturated heterocycles. The van der Waals surface area contributed by atoms with Gasteiger partial charge in [-0.15, -0.1) is 0 Å². The summed E-state index contributed by atoms with van der Waals surface area (Å²) in [5.41, 5.74) is 6.11. The molecular weight excluding hydrogens is 292 g/mol. The average molecular weight is 329 g/mol. The minimum absolute atomic E-state index is 0.00569. The number of rotatable bonds is 1. The third-order valence-corrected chi connectivity index (χ3v) is 7.44. The summed E-state index contributed by atoms with van der Waals surface area (Å²) in [7, 11) is 0. The summed E-state index contributed by atoms with van der Waals surface area (Å²) < 4.78 is 6.73. The molecule has 24 heavy (non-hydrogen) atoms. The van der Waals surface area contributed by atoms with E-state index in [1.165, 1.54) is 29.5 Å². The van der Waals surface area contributed by atoms with Crippen LogP contribution in [0.2, 0.25) is 0 Å². The summed E-state index contributed by atoms with van der Waals surface area (Å²) in [6.07, 6.45) is 2.40. The normalized spacial score (nSPS) is 31.4. The number of fused-ring (bicyclic) bond motifs is 3. The number of hydrogen-bond donors (Lipinski definition) is 0. The van der Waals surface area contributed by atoms with Crippen LogP contribution in [0.5, 0.6) is 0 Å². The van der Waals surface area contributed by atoms with E-state index in [1.54, 1.807) is 5.56 Å². The summed E-state index contributed by atoms with van der Waals surface area (Å²) in [5.74, 6) is 0. The van der Waals surface area contributed by atoms with Crippen molar-refractivity contribution < 1.29 is 4.74 Å². The van der Waals surface area contributed by atoms with Crippen molar-refractivity contribution in [3.63, 3.8) is 0 Å². The van der Waals surface area contributed by atoms with Gasteiger partial charge in [-0.1, -0.05) is 53.7 Å². The van der Waals surface area contributed by atoms with Gasteiger partial charge >= 0.3 is 0 Å². The van der Waals surface area contributed by atoms with Crippen molar-refractivity contribution in [2.75, 3.05) is 0 Å². The van der Waals surface area contributed by atoms with E-state index < -0.39 is 0 Å². The Balaban J connectivity index is 2.43. The van der Waals surface area contributed by atoms with Gasteiger partial charge in [0.25, 0.3) is 0 Å². The predicted molar refractivity (Wildman–Crippen MR) is 103 cm³/mol. The van der Waals surface area contributed by atoms with E-state index in [0.717, 1.165) is 0 Å². The van der Waals surface area contributed by atoms with Gasteiger partial charge in [0.2, 0.25) is 0 Å². The molecular formula is C23H36O. The standard InChI is InChI=1S/C23H36O/c1-11-23(10)14-19(2,3)15-12-13-16-17(18(15)23)21(6,7)24-22(8,9)20(16,4)5/h12-13H,11,14H2,1-10H3. The van der Waals surface area contributed by atoms with Gasteiger partial charge in [-0.25, -0.2) is 0 Å². The second-order valence-electron chi connectivity index (χ2n) is 10.6. The molecule has 1 aliphatic carbocycles. The number of hydrogen-bond acceptors (Lipinski definition) is 1.